The molecular weight excluding hydrogens is 414 g/mol. The van der Waals surface area contributed by atoms with E-state index in [4.69, 9.17) is 4.52 Å². The van der Waals surface area contributed by atoms with Gasteiger partial charge in [0.05, 0.1) is 5.69 Å². The number of carbonyl (C=O) groups excluding carboxylic acids is 1. The second kappa shape index (κ2) is 9.32. The Hall–Kier alpha value is -2.84. The summed E-state index contributed by atoms with van der Waals surface area (Å²) < 4.78 is 33.2. The van der Waals surface area contributed by atoms with Crippen molar-refractivity contribution in [1.82, 2.24) is 15.5 Å². The Morgan fingerprint density at radius 2 is 2.10 bits per heavy atom. The van der Waals surface area contributed by atoms with E-state index >= 15 is 0 Å². The Kier molecular flexibility index (Phi) is 6.79. The number of nitrogens with one attached hydrogen (secondary N) is 2. The van der Waals surface area contributed by atoms with Gasteiger partial charge in [0.25, 0.3) is 0 Å². The van der Waals surface area contributed by atoms with Crippen LogP contribution in [0.5, 0.6) is 0 Å². The molecule has 0 atom stereocenters. The van der Waals surface area contributed by atoms with Gasteiger partial charge >= 0.3 is 0 Å². The van der Waals surface area contributed by atoms with Crippen molar-refractivity contribution in [3.8, 4) is 11.4 Å². The van der Waals surface area contributed by atoms with Crippen LogP contribution in [0, 0.1) is 18.6 Å². The van der Waals surface area contributed by atoms with Crippen LogP contribution in [0.25, 0.3) is 11.4 Å². The summed E-state index contributed by atoms with van der Waals surface area (Å²) in [6.07, 6.45) is 0.885. The van der Waals surface area contributed by atoms with Gasteiger partial charge in [-0.15, -0.1) is 12.4 Å². The summed E-state index contributed by atoms with van der Waals surface area (Å²) in [6.45, 7) is 3.00. The second-order valence-corrected chi connectivity index (χ2v) is 7.02. The van der Waals surface area contributed by atoms with E-state index in [2.05, 4.69) is 20.8 Å². The van der Waals surface area contributed by atoms with E-state index in [1.54, 1.807) is 25.1 Å². The molecule has 2 aromatic carbocycles. The maximum atomic E-state index is 14.6. The SMILES string of the molecule is Cc1cc(-c2noc(CCC(=O)Nc3ccc4c(c3F)CCNC4)n2)ccc1F.Cl. The molecule has 2 N–H and O–H groups in total. The zero-order chi connectivity index (χ0) is 20.4. The van der Waals surface area contributed by atoms with Crippen molar-refractivity contribution in [2.45, 2.75) is 32.7 Å². The first-order valence-electron chi connectivity index (χ1n) is 9.41. The minimum atomic E-state index is -0.371. The smallest absolute Gasteiger partial charge is 0.227 e. The summed E-state index contributed by atoms with van der Waals surface area (Å²) in [6, 6.07) is 7.95. The predicted molar refractivity (Wildman–Crippen MR) is 110 cm³/mol. The number of aromatic nitrogens is 2. The third kappa shape index (κ3) is 4.66. The van der Waals surface area contributed by atoms with Crippen molar-refractivity contribution in [2.75, 3.05) is 11.9 Å². The molecule has 1 aliphatic heterocycles. The molecular formula is C21H21ClF2N4O2. The van der Waals surface area contributed by atoms with Crippen molar-refractivity contribution < 1.29 is 18.1 Å². The zero-order valence-electron chi connectivity index (χ0n) is 16.3. The summed E-state index contributed by atoms with van der Waals surface area (Å²) in [5.74, 6) is -0.397. The molecule has 4 rings (SSSR count). The summed E-state index contributed by atoms with van der Waals surface area (Å²) in [4.78, 5) is 16.5. The highest BCUT2D eigenvalue weighted by atomic mass is 35.5. The lowest BCUT2D eigenvalue weighted by atomic mass is 9.99. The minimum Gasteiger partial charge on any atom is -0.339 e. The molecule has 1 aromatic heterocycles. The van der Waals surface area contributed by atoms with Gasteiger partial charge < -0.3 is 15.2 Å². The van der Waals surface area contributed by atoms with Crippen molar-refractivity contribution in [3.63, 3.8) is 0 Å². The Morgan fingerprint density at radius 3 is 2.90 bits per heavy atom. The van der Waals surface area contributed by atoms with Crippen molar-refractivity contribution in [2.24, 2.45) is 0 Å². The lowest BCUT2D eigenvalue weighted by Crippen LogP contribution is -2.25. The molecule has 0 spiro atoms. The molecule has 1 amide bonds. The molecule has 2 heterocycles. The number of hydrogen-bond acceptors (Lipinski definition) is 5. The summed E-state index contributed by atoms with van der Waals surface area (Å²) >= 11 is 0. The fourth-order valence-corrected chi connectivity index (χ4v) is 3.32. The first kappa shape index (κ1) is 21.9. The fraction of sp³-hybridized carbons (Fsp3) is 0.286. The van der Waals surface area contributed by atoms with Crippen LogP contribution >= 0.6 is 12.4 Å². The number of hydrogen-bond donors (Lipinski definition) is 2. The van der Waals surface area contributed by atoms with Crippen molar-refractivity contribution in [1.29, 1.82) is 0 Å². The number of halogens is 3. The summed E-state index contributed by atoms with van der Waals surface area (Å²) in [5, 5.41) is 9.68. The Morgan fingerprint density at radius 1 is 1.27 bits per heavy atom. The lowest BCUT2D eigenvalue weighted by molar-refractivity contribution is -0.116. The van der Waals surface area contributed by atoms with Crippen LogP contribution in [0.2, 0.25) is 0 Å². The van der Waals surface area contributed by atoms with Gasteiger partial charge in [-0.05, 0) is 60.8 Å². The number of benzene rings is 2. The largest absolute Gasteiger partial charge is 0.339 e. The zero-order valence-corrected chi connectivity index (χ0v) is 17.1. The minimum absolute atomic E-state index is 0. The monoisotopic (exact) mass is 434 g/mol. The van der Waals surface area contributed by atoms with Gasteiger partial charge in [-0.3, -0.25) is 4.79 Å². The van der Waals surface area contributed by atoms with Crippen LogP contribution in [0.4, 0.5) is 14.5 Å². The van der Waals surface area contributed by atoms with Crippen molar-refractivity contribution >= 4 is 24.0 Å². The molecule has 0 radical (unpaired) electrons. The summed E-state index contributed by atoms with van der Waals surface area (Å²) in [7, 11) is 0. The molecule has 0 unspecified atom stereocenters. The molecule has 3 aromatic rings. The van der Waals surface area contributed by atoms with Crippen LogP contribution < -0.4 is 10.6 Å². The molecule has 158 valence electrons. The first-order valence-corrected chi connectivity index (χ1v) is 9.41. The molecule has 0 bridgehead atoms. The average molecular weight is 435 g/mol. The van der Waals surface area contributed by atoms with Gasteiger partial charge in [-0.1, -0.05) is 11.2 Å². The highest BCUT2D eigenvalue weighted by Crippen LogP contribution is 2.25. The number of amides is 1. The van der Waals surface area contributed by atoms with Gasteiger partial charge in [0.2, 0.25) is 17.6 Å². The number of carbonyl (C=O) groups is 1. The van der Waals surface area contributed by atoms with Gasteiger partial charge in [0.15, 0.2) is 0 Å². The fourth-order valence-electron chi connectivity index (χ4n) is 3.32. The Balaban J connectivity index is 0.00000256. The Bertz CT molecular complexity index is 1070. The molecule has 0 saturated carbocycles. The molecule has 9 heteroatoms. The van der Waals surface area contributed by atoms with E-state index < -0.39 is 0 Å². The van der Waals surface area contributed by atoms with Crippen LogP contribution in [-0.2, 0) is 24.2 Å². The maximum Gasteiger partial charge on any atom is 0.227 e. The molecule has 0 saturated heterocycles. The molecule has 0 fully saturated rings. The summed E-state index contributed by atoms with van der Waals surface area (Å²) in [5.41, 5.74) is 2.87. The van der Waals surface area contributed by atoms with Crippen LogP contribution in [0.15, 0.2) is 34.9 Å². The van der Waals surface area contributed by atoms with Gasteiger partial charge in [0, 0.05) is 24.9 Å². The number of rotatable bonds is 5. The number of fused-ring (bicyclic) bond motifs is 1. The third-order valence-electron chi connectivity index (χ3n) is 4.93. The highest BCUT2D eigenvalue weighted by molar-refractivity contribution is 5.91. The van der Waals surface area contributed by atoms with E-state index in [0.717, 1.165) is 5.56 Å². The molecule has 30 heavy (non-hydrogen) atoms. The average Bonchev–Trinajstić information content (AvgIpc) is 3.20. The predicted octanol–water partition coefficient (Wildman–Crippen LogP) is 3.96. The first-order chi connectivity index (χ1) is 14.0. The topological polar surface area (TPSA) is 80.0 Å². The number of nitrogens with zero attached hydrogens (tertiary/aromatic N) is 2. The van der Waals surface area contributed by atoms with Crippen LogP contribution in [0.3, 0.4) is 0 Å². The van der Waals surface area contributed by atoms with Gasteiger partial charge in [0.1, 0.15) is 11.6 Å². The van der Waals surface area contributed by atoms with Crippen LogP contribution in [0.1, 0.15) is 29.0 Å². The lowest BCUT2D eigenvalue weighted by Gasteiger charge is -2.19. The van der Waals surface area contributed by atoms with E-state index in [1.807, 2.05) is 6.07 Å². The normalized spacial score (nSPS) is 12.8. The Labute approximate surface area is 178 Å². The number of aryl methyl sites for hydroxylation is 2. The van der Waals surface area contributed by atoms with E-state index in [0.29, 0.717) is 42.0 Å². The van der Waals surface area contributed by atoms with Crippen molar-refractivity contribution in [3.05, 3.63) is 64.5 Å². The van der Waals surface area contributed by atoms with Gasteiger partial charge in [-0.2, -0.15) is 4.98 Å². The number of anilines is 1. The van der Waals surface area contributed by atoms with E-state index in [1.165, 1.54) is 6.07 Å². The molecule has 6 nitrogen and oxygen atoms in total. The second-order valence-electron chi connectivity index (χ2n) is 7.02. The molecule has 0 aliphatic carbocycles. The van der Waals surface area contributed by atoms with Crippen LogP contribution in [-0.4, -0.2) is 22.6 Å². The highest BCUT2D eigenvalue weighted by Gasteiger charge is 2.18. The standard InChI is InChI=1S/C21H20F2N4O2.ClH/c1-12-10-13(2-4-16(12)22)21-26-19(29-27-21)7-6-18(28)25-17-5-3-14-11-24-9-8-15(14)20(17)23;/h2-5,10,24H,6-9,11H2,1H3,(H,25,28);1H. The van der Waals surface area contributed by atoms with E-state index in [9.17, 15) is 13.6 Å². The third-order valence-corrected chi connectivity index (χ3v) is 4.93. The van der Waals surface area contributed by atoms with Gasteiger partial charge in [-0.25, -0.2) is 8.78 Å². The maximum absolute atomic E-state index is 14.6. The van der Waals surface area contributed by atoms with E-state index in [-0.39, 0.29) is 54.4 Å². The quantitative estimate of drug-likeness (QED) is 0.635. The molecule has 1 aliphatic rings.